The Morgan fingerprint density at radius 1 is 0.778 bits per heavy atom. The van der Waals surface area contributed by atoms with Gasteiger partial charge in [-0.3, -0.25) is 0 Å². The summed E-state index contributed by atoms with van der Waals surface area (Å²) in [5, 5.41) is 8.62. The number of nitrogens with zero attached hydrogens (tertiary/aromatic N) is 1. The van der Waals surface area contributed by atoms with Crippen molar-refractivity contribution >= 4 is 44.5 Å². The van der Waals surface area contributed by atoms with E-state index < -0.39 is 0 Å². The third kappa shape index (κ3) is 4.10. The molecule has 6 rings (SSSR count). The van der Waals surface area contributed by atoms with Gasteiger partial charge >= 0.3 is 0 Å². The Morgan fingerprint density at radius 2 is 1.44 bits per heavy atom. The van der Waals surface area contributed by atoms with Crippen molar-refractivity contribution in [3.05, 3.63) is 138 Å². The molecule has 0 saturated carbocycles. The van der Waals surface area contributed by atoms with E-state index in [0.29, 0.717) is 5.29 Å². The molecule has 1 atom stereocenters. The summed E-state index contributed by atoms with van der Waals surface area (Å²) in [6.07, 6.45) is 4.84. The van der Waals surface area contributed by atoms with Crippen LogP contribution in [0.5, 0.6) is 0 Å². The lowest BCUT2D eigenvalue weighted by molar-refractivity contribution is 0.839. The van der Waals surface area contributed by atoms with Gasteiger partial charge in [-0.25, -0.2) is 4.99 Å². The molecule has 0 spiro atoms. The van der Waals surface area contributed by atoms with Gasteiger partial charge in [0.05, 0.1) is 6.04 Å². The monoisotopic (exact) mass is 484 g/mol. The molecule has 174 valence electrons. The van der Waals surface area contributed by atoms with E-state index in [1.54, 1.807) is 0 Å². The second kappa shape index (κ2) is 9.49. The molecule has 0 bridgehead atoms. The van der Waals surface area contributed by atoms with Crippen molar-refractivity contribution in [3.8, 4) is 11.1 Å². The lowest BCUT2D eigenvalue weighted by Gasteiger charge is -2.22. The molecule has 0 fully saturated rings. The predicted molar refractivity (Wildman–Crippen MR) is 154 cm³/mol. The molecular weight excluding hydrogens is 460 g/mol. The summed E-state index contributed by atoms with van der Waals surface area (Å²) in [7, 11) is 0. The Labute approximate surface area is 216 Å². The summed E-state index contributed by atoms with van der Waals surface area (Å²) in [5.41, 5.74) is 6.92. The Kier molecular flexibility index (Phi) is 5.88. The van der Waals surface area contributed by atoms with Crippen LogP contribution in [0.15, 0.2) is 126 Å². The number of amidine groups is 1. The molecule has 0 amide bonds. The Bertz CT molecular complexity index is 1680. The van der Waals surface area contributed by atoms with Crippen LogP contribution in [0.4, 0.5) is 0 Å². The molecule has 0 radical (unpaired) electrons. The first-order valence-corrected chi connectivity index (χ1v) is 12.5. The molecule has 36 heavy (non-hydrogen) atoms. The van der Waals surface area contributed by atoms with E-state index in [4.69, 9.17) is 16.6 Å². The van der Waals surface area contributed by atoms with Crippen LogP contribution in [0, 0.1) is 0 Å². The fourth-order valence-corrected chi connectivity index (χ4v) is 5.44. The van der Waals surface area contributed by atoms with Crippen molar-refractivity contribution in [1.82, 2.24) is 5.32 Å². The zero-order valence-electron chi connectivity index (χ0n) is 19.8. The van der Waals surface area contributed by atoms with Crippen molar-refractivity contribution in [1.29, 1.82) is 0 Å². The van der Waals surface area contributed by atoms with Crippen molar-refractivity contribution < 1.29 is 0 Å². The van der Waals surface area contributed by atoms with Crippen LogP contribution in [-0.2, 0) is 6.42 Å². The van der Waals surface area contributed by atoms with Crippen molar-refractivity contribution in [2.75, 3.05) is 0 Å². The molecule has 1 heterocycles. The van der Waals surface area contributed by atoms with Gasteiger partial charge in [0.2, 0.25) is 0 Å². The second-order valence-corrected chi connectivity index (χ2v) is 9.40. The first-order valence-electron chi connectivity index (χ1n) is 12.1. The first kappa shape index (κ1) is 22.3. The minimum Gasteiger partial charge on any atom is -0.334 e. The molecule has 1 aliphatic heterocycles. The lowest BCUT2D eigenvalue weighted by Crippen LogP contribution is -2.24. The number of rotatable bonds is 5. The summed E-state index contributed by atoms with van der Waals surface area (Å²) in [4.78, 5) is 4.79. The maximum Gasteiger partial charge on any atom is 0.196 e. The van der Waals surface area contributed by atoms with Gasteiger partial charge in [0.1, 0.15) is 0 Å². The smallest absolute Gasteiger partial charge is 0.196 e. The summed E-state index contributed by atoms with van der Waals surface area (Å²) in [6, 6.07) is 36.0. The zero-order valence-corrected chi connectivity index (χ0v) is 20.5. The van der Waals surface area contributed by atoms with E-state index in [9.17, 15) is 0 Å². The largest absolute Gasteiger partial charge is 0.334 e. The number of halogens is 1. The number of aliphatic imine (C=N–C) groups is 1. The van der Waals surface area contributed by atoms with Gasteiger partial charge in [-0.2, -0.15) is 0 Å². The van der Waals surface area contributed by atoms with E-state index in [-0.39, 0.29) is 6.04 Å². The van der Waals surface area contributed by atoms with Gasteiger partial charge in [-0.05, 0) is 73.1 Å². The Balaban J connectivity index is 1.43. The maximum absolute atomic E-state index is 6.58. The summed E-state index contributed by atoms with van der Waals surface area (Å²) in [6.45, 7) is 4.01. The van der Waals surface area contributed by atoms with E-state index in [1.165, 1.54) is 38.2 Å². The minimum atomic E-state index is -0.170. The van der Waals surface area contributed by atoms with Crippen LogP contribution in [0.25, 0.3) is 38.7 Å². The van der Waals surface area contributed by atoms with Crippen molar-refractivity contribution in [2.45, 2.75) is 12.5 Å². The number of hydrogen-bond donors (Lipinski definition) is 1. The third-order valence-electron chi connectivity index (χ3n) is 6.86. The van der Waals surface area contributed by atoms with Gasteiger partial charge in [-0.1, -0.05) is 110 Å². The van der Waals surface area contributed by atoms with Crippen LogP contribution in [0.1, 0.15) is 22.7 Å². The summed E-state index contributed by atoms with van der Waals surface area (Å²) in [5.74, 6) is 0. The van der Waals surface area contributed by atoms with Crippen LogP contribution < -0.4 is 5.32 Å². The van der Waals surface area contributed by atoms with Gasteiger partial charge in [-0.15, -0.1) is 0 Å². The molecule has 0 aromatic heterocycles. The Hall–Kier alpha value is -4.14. The van der Waals surface area contributed by atoms with E-state index in [1.807, 2.05) is 12.1 Å². The average Bonchev–Trinajstić information content (AvgIpc) is 2.92. The molecule has 3 heteroatoms. The third-order valence-corrected chi connectivity index (χ3v) is 7.06. The minimum absolute atomic E-state index is 0.170. The Morgan fingerprint density at radius 3 is 2.28 bits per heavy atom. The highest BCUT2D eigenvalue weighted by molar-refractivity contribution is 6.65. The standard InChI is InChI=1S/C33H25ClN2/c1-2-22-11-3-6-14-26(22)27-15-7-4-12-23(27)19-25-21-32(36-33(34)35-25)31-20-24-13-5-8-16-28(24)29-17-9-10-18-30(29)31/h2-18,20-21,32H,1,19H2,(H,35,36). The molecule has 0 saturated heterocycles. The van der Waals surface area contributed by atoms with Crippen LogP contribution in [0.2, 0.25) is 0 Å². The highest BCUT2D eigenvalue weighted by Crippen LogP contribution is 2.36. The van der Waals surface area contributed by atoms with Crippen molar-refractivity contribution in [2.24, 2.45) is 4.99 Å². The molecule has 1 aliphatic rings. The molecule has 1 N–H and O–H groups in total. The number of allylic oxidation sites excluding steroid dienone is 1. The molecule has 1 unspecified atom stereocenters. The molecular formula is C33H25ClN2. The normalized spacial score (nSPS) is 15.3. The molecule has 5 aromatic rings. The summed E-state index contributed by atoms with van der Waals surface area (Å²) < 4.78 is 0. The summed E-state index contributed by atoms with van der Waals surface area (Å²) >= 11 is 6.58. The van der Waals surface area contributed by atoms with Crippen molar-refractivity contribution in [3.63, 3.8) is 0 Å². The van der Waals surface area contributed by atoms with E-state index >= 15 is 0 Å². The number of benzene rings is 5. The predicted octanol–water partition coefficient (Wildman–Crippen LogP) is 8.67. The van der Waals surface area contributed by atoms with Crippen LogP contribution in [0.3, 0.4) is 0 Å². The second-order valence-electron chi connectivity index (χ2n) is 9.04. The van der Waals surface area contributed by atoms with Gasteiger partial charge in [0, 0.05) is 12.1 Å². The fraction of sp³-hybridized carbons (Fsp3) is 0.0606. The van der Waals surface area contributed by atoms with Gasteiger partial charge < -0.3 is 5.32 Å². The van der Waals surface area contributed by atoms with Gasteiger partial charge in [0.25, 0.3) is 0 Å². The van der Waals surface area contributed by atoms with E-state index in [0.717, 1.165) is 23.2 Å². The van der Waals surface area contributed by atoms with E-state index in [2.05, 4.69) is 115 Å². The number of fused-ring (bicyclic) bond motifs is 3. The topological polar surface area (TPSA) is 24.4 Å². The highest BCUT2D eigenvalue weighted by Gasteiger charge is 2.20. The molecule has 5 aromatic carbocycles. The van der Waals surface area contributed by atoms with Crippen LogP contribution >= 0.6 is 11.6 Å². The van der Waals surface area contributed by atoms with Crippen LogP contribution in [-0.4, -0.2) is 5.29 Å². The lowest BCUT2D eigenvalue weighted by atomic mass is 9.91. The average molecular weight is 485 g/mol. The fourth-order valence-electron chi connectivity index (χ4n) is 5.21. The SMILES string of the molecule is C=Cc1ccccc1-c1ccccc1CC1=CC(c2cc3ccccc3c3ccccc23)N=C(Cl)N1. The number of nitrogens with one attached hydrogen (secondary N) is 1. The zero-order chi connectivity index (χ0) is 24.5. The molecule has 2 nitrogen and oxygen atoms in total. The number of hydrogen-bond acceptors (Lipinski definition) is 2. The quantitative estimate of drug-likeness (QED) is 0.196. The highest BCUT2D eigenvalue weighted by atomic mass is 35.5. The first-order chi connectivity index (χ1) is 17.7. The van der Waals surface area contributed by atoms with Gasteiger partial charge in [0.15, 0.2) is 5.29 Å². The maximum atomic E-state index is 6.58. The molecule has 0 aliphatic carbocycles.